The Balaban J connectivity index is 1.29. The molecule has 4 rings (SSSR count). The highest BCUT2D eigenvalue weighted by molar-refractivity contribution is 7.09. The first kappa shape index (κ1) is 23.1. The number of nitrogen functional groups attached to an aromatic ring is 1. The maximum atomic E-state index is 13.2. The number of carbonyl (C=O) groups is 1. The van der Waals surface area contributed by atoms with Crippen molar-refractivity contribution in [2.24, 2.45) is 0 Å². The molecule has 0 aliphatic heterocycles. The molecule has 0 saturated carbocycles. The molecule has 0 spiro atoms. The van der Waals surface area contributed by atoms with Gasteiger partial charge < -0.3 is 11.1 Å². The van der Waals surface area contributed by atoms with Crippen molar-refractivity contribution in [3.8, 4) is 23.0 Å². The Morgan fingerprint density at radius 1 is 1.21 bits per heavy atom. The average molecular weight is 475 g/mol. The number of rotatable bonds is 8. The van der Waals surface area contributed by atoms with Crippen molar-refractivity contribution in [3.05, 3.63) is 81.6 Å². The Morgan fingerprint density at radius 3 is 2.59 bits per heavy atom. The molecular formula is C25H23FN6OS. The second-order valence-corrected chi connectivity index (χ2v) is 8.85. The Hall–Kier alpha value is -4.03. The predicted molar refractivity (Wildman–Crippen MR) is 130 cm³/mol. The third-order valence-electron chi connectivity index (χ3n) is 5.32. The molecule has 0 aliphatic rings. The number of thiazole rings is 1. The van der Waals surface area contributed by atoms with Crippen molar-refractivity contribution < 1.29 is 9.18 Å². The van der Waals surface area contributed by atoms with Crippen LogP contribution in [0.5, 0.6) is 0 Å². The predicted octanol–water partition coefficient (Wildman–Crippen LogP) is 4.19. The number of halogens is 1. The Morgan fingerprint density at radius 2 is 1.94 bits per heavy atom. The van der Waals surface area contributed by atoms with E-state index in [2.05, 4.69) is 21.5 Å². The fourth-order valence-corrected chi connectivity index (χ4v) is 4.20. The fourth-order valence-electron chi connectivity index (χ4n) is 3.58. The van der Waals surface area contributed by atoms with Gasteiger partial charge in [-0.1, -0.05) is 24.3 Å². The van der Waals surface area contributed by atoms with Gasteiger partial charge in [0.05, 0.1) is 28.5 Å². The van der Waals surface area contributed by atoms with Crippen molar-refractivity contribution in [3.63, 3.8) is 0 Å². The molecule has 0 unspecified atom stereocenters. The summed E-state index contributed by atoms with van der Waals surface area (Å²) in [6.07, 6.45) is 1.36. The summed E-state index contributed by atoms with van der Waals surface area (Å²) < 4.78 is 14.6. The number of nitriles is 1. The number of nitrogens with zero attached hydrogens (tertiary/aromatic N) is 4. The molecule has 0 saturated heterocycles. The molecule has 0 bridgehead atoms. The van der Waals surface area contributed by atoms with Gasteiger partial charge in [-0.25, -0.2) is 14.1 Å². The van der Waals surface area contributed by atoms with Crippen molar-refractivity contribution in [2.75, 3.05) is 12.3 Å². The lowest BCUT2D eigenvalue weighted by molar-refractivity contribution is -0.120. The van der Waals surface area contributed by atoms with Gasteiger partial charge in [0.25, 0.3) is 0 Å². The number of aromatic nitrogens is 3. The van der Waals surface area contributed by atoms with Crippen molar-refractivity contribution in [1.82, 2.24) is 20.1 Å². The molecular weight excluding hydrogens is 451 g/mol. The quantitative estimate of drug-likeness (QED) is 0.372. The van der Waals surface area contributed by atoms with Gasteiger partial charge in [0, 0.05) is 17.5 Å². The summed E-state index contributed by atoms with van der Waals surface area (Å²) in [5, 5.41) is 19.9. The molecule has 0 radical (unpaired) electrons. The van der Waals surface area contributed by atoms with E-state index in [0.29, 0.717) is 36.3 Å². The number of anilines is 1. The number of nitrogens with two attached hydrogens (primary N) is 1. The van der Waals surface area contributed by atoms with Crippen molar-refractivity contribution in [2.45, 2.75) is 26.2 Å². The number of amides is 1. The van der Waals surface area contributed by atoms with E-state index in [1.807, 2.05) is 36.6 Å². The number of carbonyl (C=O) groups excluding carboxylic acids is 1. The molecule has 1 amide bonds. The lowest BCUT2D eigenvalue weighted by atomic mass is 10.1. The number of hydrogen-bond acceptors (Lipinski definition) is 6. The maximum absolute atomic E-state index is 13.2. The minimum atomic E-state index is -0.364. The van der Waals surface area contributed by atoms with Crippen LogP contribution in [0.15, 0.2) is 53.9 Å². The summed E-state index contributed by atoms with van der Waals surface area (Å²) in [5.74, 6) is -0.227. The van der Waals surface area contributed by atoms with Crippen LogP contribution in [-0.2, 0) is 17.6 Å². The van der Waals surface area contributed by atoms with Gasteiger partial charge >= 0.3 is 0 Å². The zero-order chi connectivity index (χ0) is 24.1. The third-order valence-corrected chi connectivity index (χ3v) is 6.10. The first-order valence-electron chi connectivity index (χ1n) is 10.8. The SMILES string of the molecule is Cc1nc(-c2ccc(CC(=O)NCCCc3nn(-c4ccc(F)cc4)c(N)c3C#N)cc2)cs1. The number of hydrogen-bond donors (Lipinski definition) is 2. The van der Waals surface area contributed by atoms with Crippen LogP contribution in [0.2, 0.25) is 0 Å². The molecule has 3 N–H and O–H groups in total. The Bertz CT molecular complexity index is 1340. The van der Waals surface area contributed by atoms with Crippen molar-refractivity contribution in [1.29, 1.82) is 5.26 Å². The van der Waals surface area contributed by atoms with Crippen LogP contribution < -0.4 is 11.1 Å². The second-order valence-electron chi connectivity index (χ2n) is 7.79. The molecule has 2 heterocycles. The summed E-state index contributed by atoms with van der Waals surface area (Å²) >= 11 is 1.61. The molecule has 0 atom stereocenters. The molecule has 172 valence electrons. The topological polar surface area (TPSA) is 110 Å². The van der Waals surface area contributed by atoms with E-state index in [9.17, 15) is 14.4 Å². The lowest BCUT2D eigenvalue weighted by Gasteiger charge is -2.06. The van der Waals surface area contributed by atoms with E-state index >= 15 is 0 Å². The highest BCUT2D eigenvalue weighted by atomic mass is 32.1. The van der Waals surface area contributed by atoms with Crippen LogP contribution in [0.1, 0.15) is 28.2 Å². The van der Waals surface area contributed by atoms with Crippen molar-refractivity contribution >= 4 is 23.1 Å². The normalized spacial score (nSPS) is 10.7. The van der Waals surface area contributed by atoms with E-state index in [1.54, 1.807) is 23.5 Å². The third kappa shape index (κ3) is 5.30. The Labute approximate surface area is 200 Å². The fraction of sp³-hybridized carbons (Fsp3) is 0.200. The molecule has 4 aromatic rings. The van der Waals surface area contributed by atoms with Crippen LogP contribution in [0.3, 0.4) is 0 Å². The van der Waals surface area contributed by atoms with E-state index in [1.165, 1.54) is 16.8 Å². The van der Waals surface area contributed by atoms with Gasteiger partial charge in [0.1, 0.15) is 23.3 Å². The summed E-state index contributed by atoms with van der Waals surface area (Å²) in [4.78, 5) is 16.8. The second kappa shape index (κ2) is 10.3. The van der Waals surface area contributed by atoms with E-state index in [-0.39, 0.29) is 24.0 Å². The monoisotopic (exact) mass is 474 g/mol. The Kier molecular flexibility index (Phi) is 6.99. The molecule has 9 heteroatoms. The number of benzene rings is 2. The van der Waals surface area contributed by atoms with E-state index in [0.717, 1.165) is 21.8 Å². The lowest BCUT2D eigenvalue weighted by Crippen LogP contribution is -2.26. The molecule has 2 aromatic heterocycles. The summed E-state index contributed by atoms with van der Waals surface area (Å²) in [6, 6.07) is 15.6. The largest absolute Gasteiger partial charge is 0.382 e. The first-order chi connectivity index (χ1) is 16.4. The number of aryl methyl sites for hydroxylation is 2. The highest BCUT2D eigenvalue weighted by Gasteiger charge is 2.16. The van der Waals surface area contributed by atoms with Gasteiger partial charge in [-0.05, 0) is 49.6 Å². The minimum absolute atomic E-state index is 0.0749. The van der Waals surface area contributed by atoms with Gasteiger partial charge in [-0.15, -0.1) is 11.3 Å². The smallest absolute Gasteiger partial charge is 0.224 e. The molecule has 0 aliphatic carbocycles. The van der Waals surface area contributed by atoms with Gasteiger partial charge in [-0.3, -0.25) is 4.79 Å². The van der Waals surface area contributed by atoms with Gasteiger partial charge in [0.2, 0.25) is 5.91 Å². The van der Waals surface area contributed by atoms with Crippen LogP contribution in [-0.4, -0.2) is 27.2 Å². The van der Waals surface area contributed by atoms with Gasteiger partial charge in [-0.2, -0.15) is 10.4 Å². The summed E-state index contributed by atoms with van der Waals surface area (Å²) in [6.45, 7) is 2.42. The standard InChI is InChI=1S/C25H23FN6OS/c1-16-30-23(15-34-16)18-6-4-17(5-7-18)13-24(33)29-12-2-3-22-21(14-27)25(28)32(31-22)20-10-8-19(26)9-11-20/h4-11,15H,2-3,12-13,28H2,1H3,(H,29,33). The summed E-state index contributed by atoms with van der Waals surface area (Å²) in [7, 11) is 0. The van der Waals surface area contributed by atoms with Crippen LogP contribution in [0.4, 0.5) is 10.2 Å². The number of nitrogens with one attached hydrogen (secondary N) is 1. The van der Waals surface area contributed by atoms with Crippen LogP contribution >= 0.6 is 11.3 Å². The molecule has 7 nitrogen and oxygen atoms in total. The van der Waals surface area contributed by atoms with Crippen LogP contribution in [0.25, 0.3) is 16.9 Å². The zero-order valence-electron chi connectivity index (χ0n) is 18.6. The maximum Gasteiger partial charge on any atom is 0.224 e. The average Bonchev–Trinajstić information content (AvgIpc) is 3.40. The minimum Gasteiger partial charge on any atom is -0.382 e. The van der Waals surface area contributed by atoms with E-state index < -0.39 is 0 Å². The zero-order valence-corrected chi connectivity index (χ0v) is 19.4. The first-order valence-corrected chi connectivity index (χ1v) is 11.6. The van der Waals surface area contributed by atoms with Gasteiger partial charge in [0.15, 0.2) is 0 Å². The van der Waals surface area contributed by atoms with Crippen LogP contribution in [0, 0.1) is 24.1 Å². The molecule has 2 aromatic carbocycles. The molecule has 34 heavy (non-hydrogen) atoms. The summed E-state index contributed by atoms with van der Waals surface area (Å²) in [5.41, 5.74) is 10.4. The highest BCUT2D eigenvalue weighted by Crippen LogP contribution is 2.23. The molecule has 0 fully saturated rings. The van der Waals surface area contributed by atoms with E-state index in [4.69, 9.17) is 5.73 Å².